The molecule has 0 bridgehead atoms. The van der Waals surface area contributed by atoms with Gasteiger partial charge in [0.1, 0.15) is 20.5 Å². The SMILES string of the molecule is CS(=O)(=O)CCCOc1c(F)cc(F)cc1S(=O)(=O)Cl. The van der Waals surface area contributed by atoms with Crippen LogP contribution in [-0.4, -0.2) is 35.5 Å². The molecule has 0 saturated heterocycles. The molecule has 0 aliphatic heterocycles. The van der Waals surface area contributed by atoms with Gasteiger partial charge in [0.2, 0.25) is 0 Å². The first kappa shape index (κ1) is 17.1. The van der Waals surface area contributed by atoms with Gasteiger partial charge in [-0.15, -0.1) is 0 Å². The van der Waals surface area contributed by atoms with E-state index in [0.717, 1.165) is 6.26 Å². The zero-order valence-electron chi connectivity index (χ0n) is 10.3. The predicted octanol–water partition coefficient (Wildman–Crippen LogP) is 1.71. The molecule has 0 atom stereocenters. The number of ether oxygens (including phenoxy) is 1. The molecule has 1 aromatic carbocycles. The Morgan fingerprint density at radius 1 is 1.20 bits per heavy atom. The van der Waals surface area contributed by atoms with Crippen molar-refractivity contribution in [2.24, 2.45) is 0 Å². The summed E-state index contributed by atoms with van der Waals surface area (Å²) in [5, 5.41) is 0. The van der Waals surface area contributed by atoms with Crippen LogP contribution >= 0.6 is 10.7 Å². The fourth-order valence-corrected chi connectivity index (χ4v) is 2.97. The summed E-state index contributed by atoms with van der Waals surface area (Å²) in [6, 6.07) is 0.967. The van der Waals surface area contributed by atoms with E-state index in [2.05, 4.69) is 0 Å². The largest absolute Gasteiger partial charge is 0.489 e. The van der Waals surface area contributed by atoms with Crippen molar-refractivity contribution in [1.29, 1.82) is 0 Å². The van der Waals surface area contributed by atoms with E-state index in [9.17, 15) is 25.6 Å². The highest BCUT2D eigenvalue weighted by Crippen LogP contribution is 2.31. The lowest BCUT2D eigenvalue weighted by molar-refractivity contribution is 0.292. The van der Waals surface area contributed by atoms with Gasteiger partial charge in [-0.05, 0) is 12.5 Å². The lowest BCUT2D eigenvalue weighted by Gasteiger charge is -2.10. The van der Waals surface area contributed by atoms with E-state index in [-0.39, 0.29) is 18.8 Å². The van der Waals surface area contributed by atoms with Crippen LogP contribution in [0.1, 0.15) is 6.42 Å². The molecular weight excluding hydrogens is 338 g/mol. The summed E-state index contributed by atoms with van der Waals surface area (Å²) in [6.45, 7) is -0.255. The van der Waals surface area contributed by atoms with Crippen LogP contribution in [0.15, 0.2) is 17.0 Å². The van der Waals surface area contributed by atoms with E-state index in [0.29, 0.717) is 12.1 Å². The number of hydrogen-bond donors (Lipinski definition) is 0. The summed E-state index contributed by atoms with van der Waals surface area (Å²) < 4.78 is 75.5. The Morgan fingerprint density at radius 2 is 1.80 bits per heavy atom. The minimum atomic E-state index is -4.40. The monoisotopic (exact) mass is 348 g/mol. The average Bonchev–Trinajstić information content (AvgIpc) is 2.23. The quantitative estimate of drug-likeness (QED) is 0.577. The maximum atomic E-state index is 13.5. The Morgan fingerprint density at radius 3 is 2.30 bits per heavy atom. The second kappa shape index (κ2) is 6.23. The predicted molar refractivity (Wildman–Crippen MR) is 69.2 cm³/mol. The molecule has 20 heavy (non-hydrogen) atoms. The highest BCUT2D eigenvalue weighted by atomic mass is 35.7. The van der Waals surface area contributed by atoms with Gasteiger partial charge < -0.3 is 4.74 Å². The van der Waals surface area contributed by atoms with Crippen molar-refractivity contribution in [3.05, 3.63) is 23.8 Å². The Kier molecular flexibility index (Phi) is 5.33. The van der Waals surface area contributed by atoms with Crippen LogP contribution in [0.25, 0.3) is 0 Å². The molecule has 1 aromatic rings. The lowest BCUT2D eigenvalue weighted by Crippen LogP contribution is -2.10. The summed E-state index contributed by atoms with van der Waals surface area (Å²) in [4.78, 5) is -0.837. The van der Waals surface area contributed by atoms with Gasteiger partial charge in [-0.1, -0.05) is 0 Å². The van der Waals surface area contributed by atoms with Crippen molar-refractivity contribution in [2.75, 3.05) is 18.6 Å². The second-order valence-corrected chi connectivity index (χ2v) is 8.78. The summed E-state index contributed by atoms with van der Waals surface area (Å²) in [5.41, 5.74) is 0. The Bertz CT molecular complexity index is 701. The van der Waals surface area contributed by atoms with Crippen molar-refractivity contribution in [3.8, 4) is 5.75 Å². The molecular formula is C10H11ClF2O5S2. The van der Waals surface area contributed by atoms with Crippen molar-refractivity contribution in [2.45, 2.75) is 11.3 Å². The van der Waals surface area contributed by atoms with E-state index in [1.165, 1.54) is 0 Å². The minimum Gasteiger partial charge on any atom is -0.489 e. The average molecular weight is 349 g/mol. The second-order valence-electron chi connectivity index (χ2n) is 3.98. The highest BCUT2D eigenvalue weighted by molar-refractivity contribution is 8.13. The number of halogens is 3. The molecule has 0 fully saturated rings. The van der Waals surface area contributed by atoms with Crippen LogP contribution in [0.2, 0.25) is 0 Å². The molecule has 1 rings (SSSR count). The molecule has 0 saturated carbocycles. The third kappa shape index (κ3) is 5.22. The summed E-state index contributed by atoms with van der Waals surface area (Å²) in [5.74, 6) is -3.29. The summed E-state index contributed by atoms with van der Waals surface area (Å²) >= 11 is 0. The Hall–Kier alpha value is -0.930. The zero-order valence-corrected chi connectivity index (χ0v) is 12.7. The Balaban J connectivity index is 2.95. The standard InChI is InChI=1S/C10H11ClF2O5S2/c1-19(14,15)4-2-3-18-10-8(13)5-7(12)6-9(10)20(11,16)17/h5-6H,2-4H2,1H3. The van der Waals surface area contributed by atoms with Crippen molar-refractivity contribution in [3.63, 3.8) is 0 Å². The van der Waals surface area contributed by atoms with Crippen molar-refractivity contribution >= 4 is 29.6 Å². The van der Waals surface area contributed by atoms with E-state index in [1.807, 2.05) is 0 Å². The van der Waals surface area contributed by atoms with Crippen LogP contribution in [0.4, 0.5) is 8.78 Å². The summed E-state index contributed by atoms with van der Waals surface area (Å²) in [7, 11) is -2.55. The molecule has 0 N–H and O–H groups in total. The van der Waals surface area contributed by atoms with Crippen LogP contribution in [0, 0.1) is 11.6 Å². The smallest absolute Gasteiger partial charge is 0.265 e. The van der Waals surface area contributed by atoms with Gasteiger partial charge in [0, 0.05) is 23.0 Å². The maximum Gasteiger partial charge on any atom is 0.265 e. The number of rotatable bonds is 6. The molecule has 0 heterocycles. The zero-order chi connectivity index (χ0) is 15.6. The van der Waals surface area contributed by atoms with Crippen LogP contribution in [0.3, 0.4) is 0 Å². The summed E-state index contributed by atoms with van der Waals surface area (Å²) in [6.07, 6.45) is 1.04. The number of hydrogen-bond acceptors (Lipinski definition) is 5. The molecule has 0 spiro atoms. The third-order valence-electron chi connectivity index (χ3n) is 2.14. The normalized spacial score (nSPS) is 12.4. The van der Waals surface area contributed by atoms with Crippen LogP contribution in [-0.2, 0) is 18.9 Å². The topological polar surface area (TPSA) is 77.5 Å². The van der Waals surface area contributed by atoms with Gasteiger partial charge in [-0.25, -0.2) is 25.6 Å². The lowest BCUT2D eigenvalue weighted by atomic mass is 10.3. The van der Waals surface area contributed by atoms with Gasteiger partial charge in [-0.2, -0.15) is 0 Å². The van der Waals surface area contributed by atoms with Crippen molar-refractivity contribution < 1.29 is 30.4 Å². The minimum absolute atomic E-state index is 0.0252. The number of sulfone groups is 1. The number of benzene rings is 1. The molecule has 5 nitrogen and oxygen atoms in total. The van der Waals surface area contributed by atoms with Gasteiger partial charge >= 0.3 is 0 Å². The molecule has 0 aliphatic carbocycles. The highest BCUT2D eigenvalue weighted by Gasteiger charge is 2.22. The first-order valence-corrected chi connectivity index (χ1v) is 9.62. The van der Waals surface area contributed by atoms with E-state index >= 15 is 0 Å². The molecule has 0 aliphatic rings. The first-order chi connectivity index (χ1) is 9.00. The molecule has 0 aromatic heterocycles. The molecule has 114 valence electrons. The van der Waals surface area contributed by atoms with Crippen LogP contribution in [0.5, 0.6) is 5.75 Å². The Labute approximate surface area is 119 Å². The van der Waals surface area contributed by atoms with E-state index in [1.54, 1.807) is 0 Å². The van der Waals surface area contributed by atoms with Gasteiger partial charge in [-0.3, -0.25) is 0 Å². The third-order valence-corrected chi connectivity index (χ3v) is 4.50. The maximum absolute atomic E-state index is 13.5. The van der Waals surface area contributed by atoms with Crippen molar-refractivity contribution in [1.82, 2.24) is 0 Å². The molecule has 0 radical (unpaired) electrons. The van der Waals surface area contributed by atoms with E-state index < -0.39 is 41.2 Å². The molecule has 0 amide bonds. The van der Waals surface area contributed by atoms with Gasteiger partial charge in [0.15, 0.2) is 11.6 Å². The molecule has 10 heteroatoms. The van der Waals surface area contributed by atoms with E-state index in [4.69, 9.17) is 15.4 Å². The molecule has 0 unspecified atom stereocenters. The van der Waals surface area contributed by atoms with Crippen LogP contribution < -0.4 is 4.74 Å². The van der Waals surface area contributed by atoms with Gasteiger partial charge in [0.05, 0.1) is 12.4 Å². The fraction of sp³-hybridized carbons (Fsp3) is 0.400. The van der Waals surface area contributed by atoms with Gasteiger partial charge in [0.25, 0.3) is 9.05 Å². The first-order valence-electron chi connectivity index (χ1n) is 5.25. The fourth-order valence-electron chi connectivity index (χ4n) is 1.35.